The summed E-state index contributed by atoms with van der Waals surface area (Å²) < 4.78 is 0. The van der Waals surface area contributed by atoms with Gasteiger partial charge in [0.2, 0.25) is 5.91 Å². The van der Waals surface area contributed by atoms with Gasteiger partial charge in [0, 0.05) is 13.5 Å². The number of amides is 1. The highest BCUT2D eigenvalue weighted by molar-refractivity contribution is 5.73. The van der Waals surface area contributed by atoms with E-state index in [0.29, 0.717) is 0 Å². The lowest BCUT2D eigenvalue weighted by Gasteiger charge is -2.12. The Hall–Kier alpha value is -1.14. The van der Waals surface area contributed by atoms with Gasteiger partial charge in [0.25, 0.3) is 0 Å². The van der Waals surface area contributed by atoms with Gasteiger partial charge in [-0.3, -0.25) is 9.59 Å². The van der Waals surface area contributed by atoms with Gasteiger partial charge in [-0.1, -0.05) is 0 Å². The molecule has 14 heavy (non-hydrogen) atoms. The lowest BCUT2D eigenvalue weighted by atomic mass is 10.1. The van der Waals surface area contributed by atoms with Crippen molar-refractivity contribution < 1.29 is 19.8 Å². The van der Waals surface area contributed by atoms with Gasteiger partial charge >= 0.3 is 5.97 Å². The number of aliphatic carboxylic acids is 1. The molecule has 5 N–H and O–H groups in total. The minimum atomic E-state index is -1.09. The van der Waals surface area contributed by atoms with Crippen LogP contribution in [0.4, 0.5) is 0 Å². The Kier molecular flexibility index (Phi) is 5.82. The molecule has 82 valence electrons. The normalized spacial score (nSPS) is 14.5. The van der Waals surface area contributed by atoms with E-state index in [1.54, 1.807) is 0 Å². The quantitative estimate of drug-likeness (QED) is 0.428. The van der Waals surface area contributed by atoms with E-state index in [9.17, 15) is 14.7 Å². The van der Waals surface area contributed by atoms with Crippen molar-refractivity contribution in [3.8, 4) is 0 Å². The van der Waals surface area contributed by atoms with E-state index in [1.807, 2.05) is 0 Å². The van der Waals surface area contributed by atoms with Gasteiger partial charge in [-0.05, 0) is 12.8 Å². The second-order valence-electron chi connectivity index (χ2n) is 3.11. The molecule has 0 rings (SSSR count). The second kappa shape index (κ2) is 6.33. The maximum atomic E-state index is 10.5. The van der Waals surface area contributed by atoms with Crippen molar-refractivity contribution >= 4 is 11.9 Å². The summed E-state index contributed by atoms with van der Waals surface area (Å²) in [5.74, 6) is -1.32. The summed E-state index contributed by atoms with van der Waals surface area (Å²) >= 11 is 0. The van der Waals surface area contributed by atoms with Gasteiger partial charge < -0.3 is 21.3 Å². The monoisotopic (exact) mass is 204 g/mol. The summed E-state index contributed by atoms with van der Waals surface area (Å²) in [7, 11) is 0. The van der Waals surface area contributed by atoms with Crippen LogP contribution >= 0.6 is 0 Å². The first kappa shape index (κ1) is 12.9. The molecule has 0 saturated heterocycles. The Morgan fingerprint density at radius 1 is 1.43 bits per heavy atom. The summed E-state index contributed by atoms with van der Waals surface area (Å²) in [5, 5.41) is 20.1. The number of hydrogen-bond donors (Lipinski definition) is 4. The maximum absolute atomic E-state index is 10.5. The maximum Gasteiger partial charge on any atom is 0.320 e. The predicted octanol–water partition coefficient (Wildman–Crippen LogP) is -1.32. The van der Waals surface area contributed by atoms with Gasteiger partial charge in [0.15, 0.2) is 0 Å². The standard InChI is InChI=1S/C8H16N2O4/c1-5(11)10-4-6(12)2-3-7(9)8(13)14/h6-7,12H,2-4,9H2,1H3,(H,10,11)(H,13,14)/t6-,7+/m1/s1. The van der Waals surface area contributed by atoms with Crippen LogP contribution in [0.15, 0.2) is 0 Å². The molecule has 0 bridgehead atoms. The number of nitrogens with one attached hydrogen (secondary N) is 1. The molecule has 2 atom stereocenters. The number of rotatable bonds is 6. The van der Waals surface area contributed by atoms with E-state index in [4.69, 9.17) is 10.8 Å². The van der Waals surface area contributed by atoms with E-state index in [2.05, 4.69) is 5.32 Å². The molecule has 6 heteroatoms. The predicted molar refractivity (Wildman–Crippen MR) is 49.5 cm³/mol. The number of hydrogen-bond acceptors (Lipinski definition) is 4. The smallest absolute Gasteiger partial charge is 0.320 e. The first-order valence-corrected chi connectivity index (χ1v) is 4.34. The number of carbonyl (C=O) groups excluding carboxylic acids is 1. The topological polar surface area (TPSA) is 113 Å². The fourth-order valence-corrected chi connectivity index (χ4v) is 0.859. The molecule has 0 saturated carbocycles. The molecule has 0 aromatic carbocycles. The van der Waals surface area contributed by atoms with Crippen LogP contribution in [-0.4, -0.2) is 40.8 Å². The number of carbonyl (C=O) groups is 2. The van der Waals surface area contributed by atoms with E-state index in [0.717, 1.165) is 0 Å². The zero-order valence-electron chi connectivity index (χ0n) is 8.06. The molecule has 1 amide bonds. The molecule has 6 nitrogen and oxygen atoms in total. The molecule has 0 fully saturated rings. The minimum absolute atomic E-state index is 0.127. The molecule has 0 aliphatic rings. The zero-order chi connectivity index (χ0) is 11.1. The summed E-state index contributed by atoms with van der Waals surface area (Å²) in [6, 6.07) is -0.957. The summed E-state index contributed by atoms with van der Waals surface area (Å²) in [6.45, 7) is 1.47. The zero-order valence-corrected chi connectivity index (χ0v) is 8.06. The van der Waals surface area contributed by atoms with Crippen LogP contribution in [0.1, 0.15) is 19.8 Å². The highest BCUT2D eigenvalue weighted by atomic mass is 16.4. The first-order valence-electron chi connectivity index (χ1n) is 4.34. The molecule has 0 aliphatic carbocycles. The number of carboxylic acids is 1. The average Bonchev–Trinajstić information content (AvgIpc) is 2.10. The van der Waals surface area contributed by atoms with Crippen LogP contribution in [0.5, 0.6) is 0 Å². The minimum Gasteiger partial charge on any atom is -0.480 e. The van der Waals surface area contributed by atoms with E-state index in [1.165, 1.54) is 6.92 Å². The summed E-state index contributed by atoms with van der Waals surface area (Å²) in [5.41, 5.74) is 5.22. The van der Waals surface area contributed by atoms with Crippen LogP contribution in [0.2, 0.25) is 0 Å². The van der Waals surface area contributed by atoms with Crippen molar-refractivity contribution in [2.24, 2.45) is 5.73 Å². The van der Waals surface area contributed by atoms with Crippen molar-refractivity contribution in [1.82, 2.24) is 5.32 Å². The molecule has 0 aromatic rings. The number of nitrogens with two attached hydrogens (primary N) is 1. The van der Waals surface area contributed by atoms with E-state index >= 15 is 0 Å². The Morgan fingerprint density at radius 2 is 2.00 bits per heavy atom. The molecule has 0 unspecified atom stereocenters. The van der Waals surface area contributed by atoms with Crippen molar-refractivity contribution in [2.75, 3.05) is 6.54 Å². The molecular weight excluding hydrogens is 188 g/mol. The van der Waals surface area contributed by atoms with Crippen molar-refractivity contribution in [3.63, 3.8) is 0 Å². The number of aliphatic hydroxyl groups is 1. The van der Waals surface area contributed by atoms with Crippen LogP contribution in [0, 0.1) is 0 Å². The van der Waals surface area contributed by atoms with E-state index in [-0.39, 0.29) is 25.3 Å². The van der Waals surface area contributed by atoms with Gasteiger partial charge in [-0.15, -0.1) is 0 Å². The average molecular weight is 204 g/mol. The molecule has 0 spiro atoms. The lowest BCUT2D eigenvalue weighted by Crippen LogP contribution is -2.34. The number of carboxylic acid groups (broad SMARTS) is 1. The Labute approximate surface area is 82.1 Å². The lowest BCUT2D eigenvalue weighted by molar-refractivity contribution is -0.138. The summed E-state index contributed by atoms with van der Waals surface area (Å²) in [6.07, 6.45) is -0.298. The summed E-state index contributed by atoms with van der Waals surface area (Å²) in [4.78, 5) is 20.8. The van der Waals surface area contributed by atoms with Crippen LogP contribution < -0.4 is 11.1 Å². The Bertz CT molecular complexity index is 208. The van der Waals surface area contributed by atoms with Crippen LogP contribution in [0.25, 0.3) is 0 Å². The molecule has 0 aliphatic heterocycles. The fraction of sp³-hybridized carbons (Fsp3) is 0.750. The first-order chi connectivity index (χ1) is 6.43. The van der Waals surface area contributed by atoms with E-state index < -0.39 is 18.1 Å². The molecule has 0 radical (unpaired) electrons. The van der Waals surface area contributed by atoms with Gasteiger partial charge in [0.05, 0.1) is 6.10 Å². The van der Waals surface area contributed by atoms with Gasteiger partial charge in [0.1, 0.15) is 6.04 Å². The highest BCUT2D eigenvalue weighted by Gasteiger charge is 2.13. The van der Waals surface area contributed by atoms with Crippen molar-refractivity contribution in [1.29, 1.82) is 0 Å². The van der Waals surface area contributed by atoms with Crippen molar-refractivity contribution in [3.05, 3.63) is 0 Å². The van der Waals surface area contributed by atoms with Gasteiger partial charge in [-0.2, -0.15) is 0 Å². The second-order valence-corrected chi connectivity index (χ2v) is 3.11. The molecule has 0 heterocycles. The third-order valence-electron chi connectivity index (χ3n) is 1.71. The molecule has 0 aromatic heterocycles. The number of aliphatic hydroxyl groups excluding tert-OH is 1. The third kappa shape index (κ3) is 6.38. The van der Waals surface area contributed by atoms with Crippen molar-refractivity contribution in [2.45, 2.75) is 31.9 Å². The van der Waals surface area contributed by atoms with Crippen LogP contribution in [0.3, 0.4) is 0 Å². The molecular formula is C8H16N2O4. The Balaban J connectivity index is 3.58. The fourth-order valence-electron chi connectivity index (χ4n) is 0.859. The van der Waals surface area contributed by atoms with Crippen LogP contribution in [-0.2, 0) is 9.59 Å². The Morgan fingerprint density at radius 3 is 2.43 bits per heavy atom. The SMILES string of the molecule is CC(=O)NC[C@H](O)CC[C@H](N)C(=O)O. The largest absolute Gasteiger partial charge is 0.480 e. The third-order valence-corrected chi connectivity index (χ3v) is 1.71. The van der Waals surface area contributed by atoms with Gasteiger partial charge in [-0.25, -0.2) is 0 Å². The highest BCUT2D eigenvalue weighted by Crippen LogP contribution is 1.99.